The van der Waals surface area contributed by atoms with Crippen molar-refractivity contribution in [3.63, 3.8) is 0 Å². The molecule has 0 radical (unpaired) electrons. The first kappa shape index (κ1) is 13.7. The highest BCUT2D eigenvalue weighted by atomic mass is 35.5. The first-order chi connectivity index (χ1) is 7.16. The summed E-state index contributed by atoms with van der Waals surface area (Å²) in [6, 6.07) is 0.357. The third-order valence-corrected chi connectivity index (χ3v) is 3.76. The molecule has 1 spiro atoms. The molecule has 1 saturated carbocycles. The van der Waals surface area contributed by atoms with E-state index in [4.69, 9.17) is 5.73 Å². The van der Waals surface area contributed by atoms with Crippen LogP contribution in [0, 0.1) is 5.41 Å². The number of likely N-dealkylation sites (tertiary alicyclic amines) is 1. The van der Waals surface area contributed by atoms with Crippen molar-refractivity contribution in [1.29, 1.82) is 0 Å². The van der Waals surface area contributed by atoms with Gasteiger partial charge in [-0.2, -0.15) is 0 Å². The average molecular weight is 249 g/mol. The lowest BCUT2D eigenvalue weighted by Crippen LogP contribution is -2.30. The minimum atomic E-state index is -0.111. The molecule has 1 aliphatic carbocycles. The van der Waals surface area contributed by atoms with E-state index in [1.165, 1.54) is 20.0 Å². The highest BCUT2D eigenvalue weighted by Crippen LogP contribution is 2.51. The van der Waals surface area contributed by atoms with E-state index in [1.54, 1.807) is 0 Å². The Labute approximate surface area is 103 Å². The van der Waals surface area contributed by atoms with Gasteiger partial charge in [-0.1, -0.05) is 0 Å². The SMILES string of the molecule is COC(=O)CCCN1C[C@H](N)C2(CC2)C1.Cl. The smallest absolute Gasteiger partial charge is 0.305 e. The lowest BCUT2D eigenvalue weighted by Gasteiger charge is -2.14. The summed E-state index contributed by atoms with van der Waals surface area (Å²) in [5, 5.41) is 0. The van der Waals surface area contributed by atoms with Crippen molar-refractivity contribution in [2.75, 3.05) is 26.7 Å². The maximum atomic E-state index is 10.9. The van der Waals surface area contributed by atoms with Crippen LogP contribution in [0.4, 0.5) is 0 Å². The number of hydrogen-bond donors (Lipinski definition) is 1. The van der Waals surface area contributed by atoms with Gasteiger partial charge in [0.1, 0.15) is 0 Å². The highest BCUT2D eigenvalue weighted by Gasteiger charge is 2.53. The van der Waals surface area contributed by atoms with E-state index in [9.17, 15) is 4.79 Å². The van der Waals surface area contributed by atoms with Gasteiger partial charge in [0.15, 0.2) is 0 Å². The fourth-order valence-corrected chi connectivity index (χ4v) is 2.51. The molecular formula is C11H21ClN2O2. The molecule has 1 saturated heterocycles. The van der Waals surface area contributed by atoms with Gasteiger partial charge in [0.05, 0.1) is 7.11 Å². The molecule has 0 aromatic carbocycles. The summed E-state index contributed by atoms with van der Waals surface area (Å²) in [6.45, 7) is 3.11. The maximum Gasteiger partial charge on any atom is 0.305 e. The van der Waals surface area contributed by atoms with Gasteiger partial charge < -0.3 is 15.4 Å². The number of hydrogen-bond acceptors (Lipinski definition) is 4. The van der Waals surface area contributed by atoms with Crippen LogP contribution in [-0.2, 0) is 9.53 Å². The molecule has 0 bridgehead atoms. The molecule has 2 rings (SSSR count). The van der Waals surface area contributed by atoms with Crippen LogP contribution in [0.2, 0.25) is 0 Å². The molecule has 0 amide bonds. The molecule has 1 aliphatic heterocycles. The monoisotopic (exact) mass is 248 g/mol. The second kappa shape index (κ2) is 5.34. The fourth-order valence-electron chi connectivity index (χ4n) is 2.51. The maximum absolute atomic E-state index is 10.9. The zero-order chi connectivity index (χ0) is 10.9. The van der Waals surface area contributed by atoms with Gasteiger partial charge >= 0.3 is 5.97 Å². The fraction of sp³-hybridized carbons (Fsp3) is 0.909. The predicted molar refractivity (Wildman–Crippen MR) is 64.6 cm³/mol. The van der Waals surface area contributed by atoms with Crippen LogP contribution in [0.25, 0.3) is 0 Å². The van der Waals surface area contributed by atoms with Gasteiger partial charge in [-0.05, 0) is 31.2 Å². The zero-order valence-corrected chi connectivity index (χ0v) is 10.6. The second-order valence-electron chi connectivity index (χ2n) is 4.88. The quantitative estimate of drug-likeness (QED) is 0.748. The molecule has 0 aromatic heterocycles. The second-order valence-corrected chi connectivity index (χ2v) is 4.88. The normalized spacial score (nSPS) is 26.5. The van der Waals surface area contributed by atoms with Crippen molar-refractivity contribution in [3.05, 3.63) is 0 Å². The molecule has 0 unspecified atom stereocenters. The van der Waals surface area contributed by atoms with E-state index in [0.717, 1.165) is 26.1 Å². The molecule has 94 valence electrons. The molecular weight excluding hydrogens is 228 g/mol. The van der Waals surface area contributed by atoms with Gasteiger partial charge in [-0.3, -0.25) is 4.79 Å². The number of rotatable bonds is 4. The third kappa shape index (κ3) is 2.87. The lowest BCUT2D eigenvalue weighted by atomic mass is 10.0. The summed E-state index contributed by atoms with van der Waals surface area (Å²) < 4.78 is 4.61. The summed E-state index contributed by atoms with van der Waals surface area (Å²) in [5.74, 6) is -0.111. The minimum absolute atomic E-state index is 0. The van der Waals surface area contributed by atoms with Crippen LogP contribution in [0.15, 0.2) is 0 Å². The van der Waals surface area contributed by atoms with E-state index in [2.05, 4.69) is 9.64 Å². The molecule has 2 aliphatic rings. The number of nitrogens with zero attached hydrogens (tertiary/aromatic N) is 1. The van der Waals surface area contributed by atoms with Crippen molar-refractivity contribution in [2.45, 2.75) is 31.7 Å². The Balaban J connectivity index is 0.00000128. The van der Waals surface area contributed by atoms with Crippen molar-refractivity contribution in [2.24, 2.45) is 11.1 Å². The van der Waals surface area contributed by atoms with Crippen molar-refractivity contribution in [3.8, 4) is 0 Å². The van der Waals surface area contributed by atoms with Crippen LogP contribution in [-0.4, -0.2) is 43.7 Å². The number of carbonyl (C=O) groups excluding carboxylic acids is 1. The molecule has 2 N–H and O–H groups in total. The summed E-state index contributed by atoms with van der Waals surface area (Å²) >= 11 is 0. The van der Waals surface area contributed by atoms with Crippen LogP contribution in [0.3, 0.4) is 0 Å². The Morgan fingerprint density at radius 3 is 2.75 bits per heavy atom. The number of methoxy groups -OCH3 is 1. The molecule has 4 nitrogen and oxygen atoms in total. The molecule has 1 heterocycles. The van der Waals surface area contributed by atoms with Crippen LogP contribution < -0.4 is 5.73 Å². The summed E-state index contributed by atoms with van der Waals surface area (Å²) in [7, 11) is 1.44. The standard InChI is InChI=1S/C11H20N2O2.ClH/c1-15-10(14)3-2-6-13-7-9(12)11(8-13)4-5-11;/h9H,2-8,12H2,1H3;1H/t9-;/m0./s1. The van der Waals surface area contributed by atoms with Crippen LogP contribution in [0.1, 0.15) is 25.7 Å². The van der Waals surface area contributed by atoms with Crippen molar-refractivity contribution >= 4 is 18.4 Å². The Bertz CT molecular complexity index is 256. The molecule has 5 heteroatoms. The third-order valence-electron chi connectivity index (χ3n) is 3.76. The molecule has 1 atom stereocenters. The lowest BCUT2D eigenvalue weighted by molar-refractivity contribution is -0.140. The summed E-state index contributed by atoms with van der Waals surface area (Å²) in [4.78, 5) is 13.3. The first-order valence-corrected chi connectivity index (χ1v) is 5.71. The largest absolute Gasteiger partial charge is 0.469 e. The molecule has 2 fully saturated rings. The van der Waals surface area contributed by atoms with E-state index in [1.807, 2.05) is 0 Å². The Hall–Kier alpha value is -0.320. The van der Waals surface area contributed by atoms with Crippen molar-refractivity contribution in [1.82, 2.24) is 4.90 Å². The number of esters is 1. The van der Waals surface area contributed by atoms with Gasteiger partial charge in [0.2, 0.25) is 0 Å². The first-order valence-electron chi connectivity index (χ1n) is 5.71. The highest BCUT2D eigenvalue weighted by molar-refractivity contribution is 5.85. The number of ether oxygens (including phenoxy) is 1. The minimum Gasteiger partial charge on any atom is -0.469 e. The van der Waals surface area contributed by atoms with Gasteiger partial charge in [0, 0.05) is 25.6 Å². The van der Waals surface area contributed by atoms with Gasteiger partial charge in [0.25, 0.3) is 0 Å². The van der Waals surface area contributed by atoms with E-state index in [0.29, 0.717) is 17.9 Å². The van der Waals surface area contributed by atoms with Gasteiger partial charge in [-0.15, -0.1) is 12.4 Å². The predicted octanol–water partition coefficient (Wildman–Crippen LogP) is 0.784. The number of halogens is 1. The van der Waals surface area contributed by atoms with Crippen LogP contribution >= 0.6 is 12.4 Å². The van der Waals surface area contributed by atoms with E-state index < -0.39 is 0 Å². The Kier molecular flexibility index (Phi) is 4.59. The topological polar surface area (TPSA) is 55.6 Å². The number of nitrogens with two attached hydrogens (primary N) is 1. The molecule has 0 aromatic rings. The summed E-state index contributed by atoms with van der Waals surface area (Å²) in [6.07, 6.45) is 3.99. The van der Waals surface area contributed by atoms with Crippen LogP contribution in [0.5, 0.6) is 0 Å². The van der Waals surface area contributed by atoms with Gasteiger partial charge in [-0.25, -0.2) is 0 Å². The zero-order valence-electron chi connectivity index (χ0n) is 9.78. The van der Waals surface area contributed by atoms with Crippen molar-refractivity contribution < 1.29 is 9.53 Å². The molecule has 16 heavy (non-hydrogen) atoms. The number of carbonyl (C=O) groups is 1. The van der Waals surface area contributed by atoms with E-state index in [-0.39, 0.29) is 18.4 Å². The van der Waals surface area contributed by atoms with E-state index >= 15 is 0 Å². The Morgan fingerprint density at radius 1 is 1.56 bits per heavy atom. The summed E-state index contributed by atoms with van der Waals surface area (Å²) in [5.41, 5.74) is 6.54. The average Bonchev–Trinajstić information content (AvgIpc) is 2.91. The Morgan fingerprint density at radius 2 is 2.25 bits per heavy atom.